The summed E-state index contributed by atoms with van der Waals surface area (Å²) in [7, 11) is 0. The van der Waals surface area contributed by atoms with Crippen LogP contribution >= 0.6 is 11.6 Å². The van der Waals surface area contributed by atoms with E-state index in [9.17, 15) is 28.2 Å². The quantitative estimate of drug-likeness (QED) is 0.434. The lowest BCUT2D eigenvalue weighted by Gasteiger charge is -2.22. The smallest absolute Gasteiger partial charge is 0.418 e. The molecule has 0 saturated heterocycles. The Bertz CT molecular complexity index is 1160. The van der Waals surface area contributed by atoms with Crippen LogP contribution in [0.3, 0.4) is 0 Å². The largest absolute Gasteiger partial charge is 0.449 e. The van der Waals surface area contributed by atoms with E-state index in [0.717, 1.165) is 28.3 Å². The number of fused-ring (bicyclic) bond motifs is 3. The van der Waals surface area contributed by atoms with Gasteiger partial charge >= 0.3 is 12.3 Å². The highest BCUT2D eigenvalue weighted by atomic mass is 35.5. The number of ether oxygens (including phenoxy) is 1. The number of amides is 1. The maximum absolute atomic E-state index is 13.2. The summed E-state index contributed by atoms with van der Waals surface area (Å²) >= 11 is 5.66. The van der Waals surface area contributed by atoms with Crippen molar-refractivity contribution < 1.29 is 32.9 Å². The Balaban J connectivity index is 1.38. The summed E-state index contributed by atoms with van der Waals surface area (Å²) in [5.41, 5.74) is 2.27. The average molecular weight is 493 g/mol. The molecule has 1 heterocycles. The van der Waals surface area contributed by atoms with Crippen molar-refractivity contribution in [2.75, 3.05) is 13.2 Å². The van der Waals surface area contributed by atoms with E-state index in [4.69, 9.17) is 16.3 Å². The van der Waals surface area contributed by atoms with Gasteiger partial charge in [0.1, 0.15) is 24.0 Å². The van der Waals surface area contributed by atoms with Crippen LogP contribution in [0.1, 0.15) is 34.3 Å². The summed E-state index contributed by atoms with van der Waals surface area (Å²) in [6.07, 6.45) is -8.93. The fourth-order valence-electron chi connectivity index (χ4n) is 4.08. The number of hydrogen-bond acceptors (Lipinski definition) is 5. The van der Waals surface area contributed by atoms with Crippen LogP contribution in [0, 0.1) is 0 Å². The van der Waals surface area contributed by atoms with Crippen LogP contribution in [0.5, 0.6) is 0 Å². The Kier molecular flexibility index (Phi) is 6.79. The zero-order valence-corrected chi connectivity index (χ0v) is 18.3. The zero-order chi connectivity index (χ0) is 24.5. The Morgan fingerprint density at radius 1 is 1.09 bits per heavy atom. The van der Waals surface area contributed by atoms with Gasteiger partial charge in [0.25, 0.3) is 0 Å². The average Bonchev–Trinajstić information content (AvgIpc) is 3.13. The predicted octanol–water partition coefficient (Wildman–Crippen LogP) is 4.69. The van der Waals surface area contributed by atoms with Crippen LogP contribution in [-0.4, -0.2) is 40.5 Å². The molecule has 1 aromatic heterocycles. The van der Waals surface area contributed by atoms with Gasteiger partial charge in [-0.05, 0) is 33.9 Å². The van der Waals surface area contributed by atoms with Crippen LogP contribution in [-0.2, 0) is 10.9 Å². The van der Waals surface area contributed by atoms with Crippen LogP contribution in [0.4, 0.5) is 18.0 Å². The van der Waals surface area contributed by atoms with Crippen LogP contribution in [0.2, 0.25) is 5.15 Å². The second-order valence-corrected chi connectivity index (χ2v) is 8.20. The first-order valence-corrected chi connectivity index (χ1v) is 10.7. The molecule has 2 unspecified atom stereocenters. The highest BCUT2D eigenvalue weighted by Crippen LogP contribution is 2.44. The standard InChI is InChI=1S/C24H20ClF3N2O4/c25-21-9-17(19(10-29-21)24(26,27)28)22(32)20(31)11-30-23(33)34-12-18-15-7-3-1-5-13(15)14-6-2-4-8-16(14)18/h1-10,18,20,22,31-32H,11-12H2,(H,30,33). The maximum atomic E-state index is 13.2. The summed E-state index contributed by atoms with van der Waals surface area (Å²) in [5, 5.41) is 22.5. The van der Waals surface area contributed by atoms with Crippen molar-refractivity contribution in [2.24, 2.45) is 0 Å². The van der Waals surface area contributed by atoms with Crippen LogP contribution in [0.25, 0.3) is 11.1 Å². The van der Waals surface area contributed by atoms with E-state index in [-0.39, 0.29) is 17.7 Å². The zero-order valence-electron chi connectivity index (χ0n) is 17.6. The number of benzene rings is 2. The summed E-state index contributed by atoms with van der Waals surface area (Å²) in [6, 6.07) is 16.4. The normalized spacial score (nSPS) is 14.8. The molecular weight excluding hydrogens is 473 g/mol. The van der Waals surface area contributed by atoms with Gasteiger partial charge in [0.2, 0.25) is 0 Å². The first-order chi connectivity index (χ1) is 16.2. The summed E-state index contributed by atoms with van der Waals surface area (Å²) in [5.74, 6) is -0.179. The second kappa shape index (κ2) is 9.61. The van der Waals surface area contributed by atoms with Crippen molar-refractivity contribution in [1.82, 2.24) is 10.3 Å². The Morgan fingerprint density at radius 2 is 1.68 bits per heavy atom. The second-order valence-electron chi connectivity index (χ2n) is 7.81. The number of pyridine rings is 1. The van der Waals surface area contributed by atoms with Gasteiger partial charge in [-0.1, -0.05) is 60.1 Å². The fraction of sp³-hybridized carbons (Fsp3) is 0.250. The number of halogens is 4. The molecule has 178 valence electrons. The van der Waals surface area contributed by atoms with Crippen molar-refractivity contribution >= 4 is 17.7 Å². The lowest BCUT2D eigenvalue weighted by atomic mass is 9.98. The lowest BCUT2D eigenvalue weighted by molar-refractivity contribution is -0.140. The first-order valence-electron chi connectivity index (χ1n) is 10.3. The van der Waals surface area contributed by atoms with Crippen LogP contribution in [0.15, 0.2) is 60.8 Å². The Morgan fingerprint density at radius 3 is 2.26 bits per heavy atom. The molecule has 6 nitrogen and oxygen atoms in total. The SMILES string of the molecule is O=C(NCC(O)C(O)c1cc(Cl)ncc1C(F)(F)F)OCC1c2ccccc2-c2ccccc21. The van der Waals surface area contributed by atoms with E-state index in [1.54, 1.807) is 0 Å². The number of nitrogens with zero attached hydrogens (tertiary/aromatic N) is 1. The molecule has 1 amide bonds. The number of alkyl halides is 3. The summed E-state index contributed by atoms with van der Waals surface area (Å²) < 4.78 is 45.0. The van der Waals surface area contributed by atoms with Gasteiger partial charge in [-0.25, -0.2) is 9.78 Å². The molecule has 1 aliphatic carbocycles. The maximum Gasteiger partial charge on any atom is 0.418 e. The van der Waals surface area contributed by atoms with E-state index in [1.807, 2.05) is 48.5 Å². The molecule has 0 fully saturated rings. The third-order valence-electron chi connectivity index (χ3n) is 5.69. The van der Waals surface area contributed by atoms with E-state index in [0.29, 0.717) is 6.20 Å². The van der Waals surface area contributed by atoms with Gasteiger partial charge in [0.05, 0.1) is 5.56 Å². The minimum atomic E-state index is -4.81. The molecule has 3 aromatic rings. The molecule has 2 atom stereocenters. The number of nitrogens with one attached hydrogen (secondary N) is 1. The van der Waals surface area contributed by atoms with Crippen molar-refractivity contribution in [1.29, 1.82) is 0 Å². The summed E-state index contributed by atoms with van der Waals surface area (Å²) in [6.45, 7) is -0.522. The van der Waals surface area contributed by atoms with Gasteiger partial charge < -0.3 is 20.3 Å². The van der Waals surface area contributed by atoms with Crippen molar-refractivity contribution in [3.8, 4) is 11.1 Å². The van der Waals surface area contributed by atoms with Gasteiger partial charge in [0, 0.05) is 18.7 Å². The lowest BCUT2D eigenvalue weighted by Crippen LogP contribution is -2.36. The number of carbonyl (C=O) groups excluding carboxylic acids is 1. The number of rotatable bonds is 6. The van der Waals surface area contributed by atoms with E-state index < -0.39 is 42.1 Å². The number of carbonyl (C=O) groups is 1. The van der Waals surface area contributed by atoms with Crippen molar-refractivity contribution in [3.05, 3.63) is 88.2 Å². The molecule has 0 saturated carbocycles. The van der Waals surface area contributed by atoms with Crippen molar-refractivity contribution in [2.45, 2.75) is 24.3 Å². The number of alkyl carbamates (subject to hydrolysis) is 1. The third kappa shape index (κ3) is 4.86. The summed E-state index contributed by atoms with van der Waals surface area (Å²) in [4.78, 5) is 15.6. The van der Waals surface area contributed by atoms with Crippen LogP contribution < -0.4 is 5.32 Å². The molecule has 4 rings (SSSR count). The molecule has 10 heteroatoms. The molecule has 2 aromatic carbocycles. The molecular formula is C24H20ClF3N2O4. The van der Waals surface area contributed by atoms with Gasteiger partial charge in [0.15, 0.2) is 0 Å². The minimum absolute atomic E-state index is 0.0245. The minimum Gasteiger partial charge on any atom is -0.449 e. The van der Waals surface area contributed by atoms with Gasteiger partial charge in [-0.3, -0.25) is 0 Å². The number of hydrogen-bond donors (Lipinski definition) is 3. The molecule has 0 spiro atoms. The molecule has 34 heavy (non-hydrogen) atoms. The Labute approximate surface area is 198 Å². The number of aromatic nitrogens is 1. The van der Waals surface area contributed by atoms with E-state index >= 15 is 0 Å². The molecule has 0 radical (unpaired) electrons. The number of aliphatic hydroxyl groups is 2. The van der Waals surface area contributed by atoms with Crippen molar-refractivity contribution in [3.63, 3.8) is 0 Å². The monoisotopic (exact) mass is 492 g/mol. The van der Waals surface area contributed by atoms with Gasteiger partial charge in [-0.2, -0.15) is 13.2 Å². The topological polar surface area (TPSA) is 91.7 Å². The highest BCUT2D eigenvalue weighted by molar-refractivity contribution is 6.29. The fourth-order valence-corrected chi connectivity index (χ4v) is 4.25. The predicted molar refractivity (Wildman–Crippen MR) is 118 cm³/mol. The first kappa shape index (κ1) is 24.0. The highest BCUT2D eigenvalue weighted by Gasteiger charge is 2.37. The van der Waals surface area contributed by atoms with E-state index in [2.05, 4.69) is 10.3 Å². The van der Waals surface area contributed by atoms with Gasteiger partial charge in [-0.15, -0.1) is 0 Å². The number of aliphatic hydroxyl groups excluding tert-OH is 2. The molecule has 1 aliphatic rings. The molecule has 0 aliphatic heterocycles. The third-order valence-corrected chi connectivity index (χ3v) is 5.90. The molecule has 0 bridgehead atoms. The van der Waals surface area contributed by atoms with E-state index in [1.165, 1.54) is 0 Å². The molecule has 3 N–H and O–H groups in total. The Hall–Kier alpha value is -3.14.